The van der Waals surface area contributed by atoms with Gasteiger partial charge in [-0.1, -0.05) is 37.6 Å². The van der Waals surface area contributed by atoms with E-state index < -0.39 is 0 Å². The first-order chi connectivity index (χ1) is 8.09. The molecule has 1 saturated heterocycles. The Hall–Kier alpha value is -0.730. The SMILES string of the molecule is CC(C)C1CCCN1Cc1cccc(Cl)c1O. The Morgan fingerprint density at radius 3 is 2.94 bits per heavy atom. The number of nitrogens with zero attached hydrogens (tertiary/aromatic N) is 1. The van der Waals surface area contributed by atoms with E-state index in [0.717, 1.165) is 18.7 Å². The van der Waals surface area contributed by atoms with Crippen molar-refractivity contribution in [2.75, 3.05) is 6.54 Å². The summed E-state index contributed by atoms with van der Waals surface area (Å²) < 4.78 is 0. The summed E-state index contributed by atoms with van der Waals surface area (Å²) >= 11 is 5.93. The van der Waals surface area contributed by atoms with E-state index in [2.05, 4.69) is 18.7 Å². The molecule has 1 heterocycles. The number of phenolic OH excluding ortho intramolecular Hbond substituents is 1. The maximum absolute atomic E-state index is 9.92. The van der Waals surface area contributed by atoms with Crippen LogP contribution in [0.1, 0.15) is 32.3 Å². The molecule has 0 bridgehead atoms. The molecule has 2 rings (SSSR count). The van der Waals surface area contributed by atoms with E-state index in [1.165, 1.54) is 12.8 Å². The Balaban J connectivity index is 2.12. The number of para-hydroxylation sites is 1. The molecule has 1 fully saturated rings. The van der Waals surface area contributed by atoms with Crippen LogP contribution in [0.2, 0.25) is 5.02 Å². The molecule has 1 aliphatic heterocycles. The third-order valence-corrected chi connectivity index (χ3v) is 3.93. The fourth-order valence-corrected chi connectivity index (χ4v) is 2.90. The van der Waals surface area contributed by atoms with Crippen LogP contribution in [0, 0.1) is 5.92 Å². The maximum Gasteiger partial charge on any atom is 0.138 e. The highest BCUT2D eigenvalue weighted by atomic mass is 35.5. The Bertz CT molecular complexity index is 392. The van der Waals surface area contributed by atoms with Crippen LogP contribution in [0.15, 0.2) is 18.2 Å². The van der Waals surface area contributed by atoms with E-state index >= 15 is 0 Å². The Labute approximate surface area is 108 Å². The third-order valence-electron chi connectivity index (χ3n) is 3.63. The normalized spacial score (nSPS) is 21.3. The molecule has 0 saturated carbocycles. The lowest BCUT2D eigenvalue weighted by Gasteiger charge is -2.27. The second-order valence-corrected chi connectivity index (χ2v) is 5.58. The lowest BCUT2D eigenvalue weighted by atomic mass is 10.0. The van der Waals surface area contributed by atoms with Crippen LogP contribution < -0.4 is 0 Å². The predicted molar refractivity (Wildman–Crippen MR) is 71.4 cm³/mol. The summed E-state index contributed by atoms with van der Waals surface area (Å²) in [5.41, 5.74) is 0.935. The topological polar surface area (TPSA) is 23.5 Å². The van der Waals surface area contributed by atoms with Gasteiger partial charge in [-0.3, -0.25) is 4.90 Å². The van der Waals surface area contributed by atoms with Crippen LogP contribution in [0.4, 0.5) is 0 Å². The Morgan fingerprint density at radius 1 is 1.47 bits per heavy atom. The van der Waals surface area contributed by atoms with E-state index in [0.29, 0.717) is 17.0 Å². The molecule has 0 aromatic heterocycles. The zero-order valence-electron chi connectivity index (χ0n) is 10.5. The Morgan fingerprint density at radius 2 is 2.24 bits per heavy atom. The quantitative estimate of drug-likeness (QED) is 0.889. The van der Waals surface area contributed by atoms with Crippen molar-refractivity contribution in [2.45, 2.75) is 39.3 Å². The van der Waals surface area contributed by atoms with Gasteiger partial charge in [0.05, 0.1) is 5.02 Å². The first kappa shape index (κ1) is 12.7. The van der Waals surface area contributed by atoms with Gasteiger partial charge in [0.25, 0.3) is 0 Å². The van der Waals surface area contributed by atoms with Gasteiger partial charge in [0.1, 0.15) is 5.75 Å². The van der Waals surface area contributed by atoms with E-state index in [1.807, 2.05) is 12.1 Å². The minimum atomic E-state index is 0.239. The summed E-state index contributed by atoms with van der Waals surface area (Å²) in [7, 11) is 0. The van der Waals surface area contributed by atoms with Crippen molar-refractivity contribution in [3.8, 4) is 5.75 Å². The van der Waals surface area contributed by atoms with Gasteiger partial charge in [-0.25, -0.2) is 0 Å². The summed E-state index contributed by atoms with van der Waals surface area (Å²) in [5, 5.41) is 10.4. The number of phenols is 1. The first-order valence-electron chi connectivity index (χ1n) is 6.30. The van der Waals surface area contributed by atoms with Crippen LogP contribution in [-0.4, -0.2) is 22.6 Å². The van der Waals surface area contributed by atoms with Gasteiger partial charge in [0.15, 0.2) is 0 Å². The number of benzene rings is 1. The molecule has 0 aliphatic carbocycles. The molecule has 1 unspecified atom stereocenters. The van der Waals surface area contributed by atoms with Crippen LogP contribution in [0.5, 0.6) is 5.75 Å². The Kier molecular flexibility index (Phi) is 3.95. The van der Waals surface area contributed by atoms with E-state index in [4.69, 9.17) is 11.6 Å². The second kappa shape index (κ2) is 5.28. The second-order valence-electron chi connectivity index (χ2n) is 5.17. The first-order valence-corrected chi connectivity index (χ1v) is 6.68. The molecule has 3 heteroatoms. The zero-order valence-corrected chi connectivity index (χ0v) is 11.2. The van der Waals surface area contributed by atoms with Crippen molar-refractivity contribution in [3.63, 3.8) is 0 Å². The number of aromatic hydroxyl groups is 1. The summed E-state index contributed by atoms with van der Waals surface area (Å²) in [6, 6.07) is 6.22. The van der Waals surface area contributed by atoms with Crippen LogP contribution in [-0.2, 0) is 6.54 Å². The largest absolute Gasteiger partial charge is 0.506 e. The predicted octanol–water partition coefficient (Wildman–Crippen LogP) is 3.67. The summed E-state index contributed by atoms with van der Waals surface area (Å²) in [6.07, 6.45) is 2.52. The molecule has 1 aromatic carbocycles. The van der Waals surface area contributed by atoms with Gasteiger partial charge in [-0.2, -0.15) is 0 Å². The number of rotatable bonds is 3. The summed E-state index contributed by atoms with van der Waals surface area (Å²) in [5.74, 6) is 0.905. The van der Waals surface area contributed by atoms with Gasteiger partial charge in [-0.15, -0.1) is 0 Å². The highest BCUT2D eigenvalue weighted by molar-refractivity contribution is 6.32. The monoisotopic (exact) mass is 253 g/mol. The van der Waals surface area contributed by atoms with Crippen LogP contribution in [0.25, 0.3) is 0 Å². The van der Waals surface area contributed by atoms with Crippen molar-refractivity contribution in [3.05, 3.63) is 28.8 Å². The lowest BCUT2D eigenvalue weighted by molar-refractivity contribution is 0.197. The van der Waals surface area contributed by atoms with E-state index in [9.17, 15) is 5.11 Å². The van der Waals surface area contributed by atoms with Gasteiger partial charge >= 0.3 is 0 Å². The molecule has 0 amide bonds. The highest BCUT2D eigenvalue weighted by Crippen LogP contribution is 2.31. The van der Waals surface area contributed by atoms with Gasteiger partial charge in [0.2, 0.25) is 0 Å². The van der Waals surface area contributed by atoms with E-state index in [-0.39, 0.29) is 5.75 Å². The number of hydrogen-bond donors (Lipinski definition) is 1. The van der Waals surface area contributed by atoms with Crippen molar-refractivity contribution in [1.82, 2.24) is 4.90 Å². The van der Waals surface area contributed by atoms with Gasteiger partial charge < -0.3 is 5.11 Å². The summed E-state index contributed by atoms with van der Waals surface area (Å²) in [6.45, 7) is 6.45. The minimum absolute atomic E-state index is 0.239. The molecule has 1 aromatic rings. The molecule has 94 valence electrons. The van der Waals surface area contributed by atoms with E-state index in [1.54, 1.807) is 6.07 Å². The van der Waals surface area contributed by atoms with Gasteiger partial charge in [0, 0.05) is 18.2 Å². The summed E-state index contributed by atoms with van der Waals surface area (Å²) in [4.78, 5) is 2.45. The molecular weight excluding hydrogens is 234 g/mol. The number of likely N-dealkylation sites (tertiary alicyclic amines) is 1. The van der Waals surface area contributed by atoms with Crippen LogP contribution in [0.3, 0.4) is 0 Å². The average Bonchev–Trinajstić information content (AvgIpc) is 2.73. The average molecular weight is 254 g/mol. The number of halogens is 1. The molecule has 17 heavy (non-hydrogen) atoms. The van der Waals surface area contributed by atoms with Crippen molar-refractivity contribution >= 4 is 11.6 Å². The maximum atomic E-state index is 9.92. The molecule has 0 spiro atoms. The standard InChI is InChI=1S/C14H20ClNO/c1-10(2)13-7-4-8-16(13)9-11-5-3-6-12(15)14(11)17/h3,5-6,10,13,17H,4,7-9H2,1-2H3. The van der Waals surface area contributed by atoms with Crippen molar-refractivity contribution in [1.29, 1.82) is 0 Å². The fraction of sp³-hybridized carbons (Fsp3) is 0.571. The lowest BCUT2D eigenvalue weighted by Crippen LogP contribution is -2.32. The molecule has 1 atom stereocenters. The molecule has 1 N–H and O–H groups in total. The van der Waals surface area contributed by atoms with Gasteiger partial charge in [-0.05, 0) is 31.4 Å². The fourth-order valence-electron chi connectivity index (χ4n) is 2.71. The zero-order chi connectivity index (χ0) is 12.4. The number of hydrogen-bond acceptors (Lipinski definition) is 2. The highest BCUT2D eigenvalue weighted by Gasteiger charge is 2.27. The van der Waals surface area contributed by atoms with Crippen molar-refractivity contribution < 1.29 is 5.11 Å². The smallest absolute Gasteiger partial charge is 0.138 e. The van der Waals surface area contributed by atoms with Crippen LogP contribution >= 0.6 is 11.6 Å². The minimum Gasteiger partial charge on any atom is -0.506 e. The van der Waals surface area contributed by atoms with Crippen molar-refractivity contribution in [2.24, 2.45) is 5.92 Å². The third kappa shape index (κ3) is 2.75. The molecular formula is C14H20ClNO. The molecule has 0 radical (unpaired) electrons. The molecule has 1 aliphatic rings. The molecule has 2 nitrogen and oxygen atoms in total.